The molecule has 5 heteroatoms. The van der Waals surface area contributed by atoms with Crippen LogP contribution in [0.5, 0.6) is 0 Å². The molecule has 1 N–H and O–H groups in total. The van der Waals surface area contributed by atoms with E-state index in [9.17, 15) is 9.59 Å². The summed E-state index contributed by atoms with van der Waals surface area (Å²) in [5.74, 6) is 1.07. The van der Waals surface area contributed by atoms with Crippen molar-refractivity contribution in [3.05, 3.63) is 70.8 Å². The molecule has 0 bridgehead atoms. The Labute approximate surface area is 191 Å². The van der Waals surface area contributed by atoms with Crippen LogP contribution in [0.15, 0.2) is 48.5 Å². The van der Waals surface area contributed by atoms with E-state index in [4.69, 9.17) is 0 Å². The number of thioether (sulfide) groups is 1. The molecule has 0 saturated carbocycles. The van der Waals surface area contributed by atoms with Crippen molar-refractivity contribution in [3.63, 3.8) is 0 Å². The van der Waals surface area contributed by atoms with Crippen LogP contribution in [0, 0.1) is 13.8 Å². The number of carbonyl (C=O) groups excluding carboxylic acids is 2. The van der Waals surface area contributed by atoms with E-state index in [1.54, 1.807) is 16.7 Å². The van der Waals surface area contributed by atoms with Gasteiger partial charge in [0.2, 0.25) is 11.8 Å². The Kier molecular flexibility index (Phi) is 10.1. The molecule has 0 aliphatic rings. The monoisotopic (exact) mass is 440 g/mol. The number of nitrogens with zero attached hydrogens (tertiary/aromatic N) is 1. The first-order chi connectivity index (χ1) is 14.8. The van der Waals surface area contributed by atoms with Gasteiger partial charge in [-0.2, -0.15) is 0 Å². The van der Waals surface area contributed by atoms with E-state index in [2.05, 4.69) is 36.5 Å². The van der Waals surface area contributed by atoms with Gasteiger partial charge in [0.15, 0.2) is 0 Å². The highest BCUT2D eigenvalue weighted by molar-refractivity contribution is 7.99. The number of amides is 2. The summed E-state index contributed by atoms with van der Waals surface area (Å²) in [7, 11) is 0. The zero-order valence-corrected chi connectivity index (χ0v) is 20.3. The molecule has 0 aliphatic heterocycles. The SMILES string of the molecule is CC[C@H](C(=O)N[C@@H](C)CC)N(Cc1ccc(C)cc1)C(=O)CSCc1ccc(C)cc1. The van der Waals surface area contributed by atoms with Crippen molar-refractivity contribution in [2.75, 3.05) is 5.75 Å². The van der Waals surface area contributed by atoms with Gasteiger partial charge in [-0.15, -0.1) is 11.8 Å². The van der Waals surface area contributed by atoms with Crippen molar-refractivity contribution >= 4 is 23.6 Å². The van der Waals surface area contributed by atoms with E-state index in [1.807, 2.05) is 52.0 Å². The Morgan fingerprint density at radius 1 is 0.903 bits per heavy atom. The number of rotatable bonds is 11. The number of hydrogen-bond acceptors (Lipinski definition) is 3. The Morgan fingerprint density at radius 3 is 1.97 bits per heavy atom. The van der Waals surface area contributed by atoms with Crippen molar-refractivity contribution in [2.24, 2.45) is 0 Å². The second-order valence-electron chi connectivity index (χ2n) is 8.23. The third-order valence-electron chi connectivity index (χ3n) is 5.48. The van der Waals surface area contributed by atoms with Crippen LogP contribution in [0.2, 0.25) is 0 Å². The maximum absolute atomic E-state index is 13.2. The van der Waals surface area contributed by atoms with Crippen molar-refractivity contribution < 1.29 is 9.59 Å². The molecular weight excluding hydrogens is 404 g/mol. The minimum absolute atomic E-state index is 0.00355. The van der Waals surface area contributed by atoms with Crippen LogP contribution < -0.4 is 5.32 Å². The third kappa shape index (κ3) is 8.06. The van der Waals surface area contributed by atoms with Gasteiger partial charge in [0.1, 0.15) is 6.04 Å². The summed E-state index contributed by atoms with van der Waals surface area (Å²) in [6.07, 6.45) is 1.45. The molecule has 0 unspecified atom stereocenters. The van der Waals surface area contributed by atoms with Crippen LogP contribution in [0.4, 0.5) is 0 Å². The third-order valence-corrected chi connectivity index (χ3v) is 6.46. The van der Waals surface area contributed by atoms with E-state index >= 15 is 0 Å². The molecule has 2 aromatic rings. The Bertz CT molecular complexity index is 833. The molecule has 0 fully saturated rings. The van der Waals surface area contributed by atoms with Gasteiger partial charge in [-0.25, -0.2) is 0 Å². The predicted octanol–water partition coefficient (Wildman–Crippen LogP) is 5.26. The smallest absolute Gasteiger partial charge is 0.243 e. The summed E-state index contributed by atoms with van der Waals surface area (Å²) in [5, 5.41) is 3.06. The number of carbonyl (C=O) groups is 2. The summed E-state index contributed by atoms with van der Waals surface area (Å²) in [6, 6.07) is 16.2. The van der Waals surface area contributed by atoms with Crippen LogP contribution in [-0.2, 0) is 21.9 Å². The maximum Gasteiger partial charge on any atom is 0.243 e. The molecule has 0 aromatic heterocycles. The second-order valence-corrected chi connectivity index (χ2v) is 9.21. The molecule has 2 rings (SSSR count). The fourth-order valence-electron chi connectivity index (χ4n) is 3.27. The lowest BCUT2D eigenvalue weighted by molar-refractivity contribution is -0.139. The maximum atomic E-state index is 13.2. The summed E-state index contributed by atoms with van der Waals surface area (Å²) < 4.78 is 0. The fraction of sp³-hybridized carbons (Fsp3) is 0.462. The molecule has 0 heterocycles. The van der Waals surface area contributed by atoms with Gasteiger partial charge in [-0.1, -0.05) is 73.5 Å². The van der Waals surface area contributed by atoms with Crippen molar-refractivity contribution in [2.45, 2.75) is 71.8 Å². The zero-order chi connectivity index (χ0) is 22.8. The van der Waals surface area contributed by atoms with Gasteiger partial charge in [-0.3, -0.25) is 9.59 Å². The standard InChI is InChI=1S/C26H36N2O2S/c1-6-21(5)27-26(30)24(7-2)28(16-22-12-8-19(3)9-13-22)25(29)18-31-17-23-14-10-20(4)11-15-23/h8-15,21,24H,6-7,16-18H2,1-5H3,(H,27,30)/t21-,24+/m0/s1. The van der Waals surface area contributed by atoms with E-state index in [1.165, 1.54) is 16.7 Å². The van der Waals surface area contributed by atoms with Crippen molar-refractivity contribution in [1.29, 1.82) is 0 Å². The Hall–Kier alpha value is -2.27. The summed E-state index contributed by atoms with van der Waals surface area (Å²) in [4.78, 5) is 27.9. The van der Waals surface area contributed by atoms with Gasteiger partial charge >= 0.3 is 0 Å². The molecule has 31 heavy (non-hydrogen) atoms. The average molecular weight is 441 g/mol. The minimum Gasteiger partial charge on any atom is -0.352 e. The molecule has 0 spiro atoms. The first kappa shape index (κ1) is 25.0. The molecule has 2 aromatic carbocycles. The lowest BCUT2D eigenvalue weighted by atomic mass is 10.1. The molecule has 168 valence electrons. The Morgan fingerprint density at radius 2 is 1.45 bits per heavy atom. The van der Waals surface area contributed by atoms with Crippen LogP contribution >= 0.6 is 11.8 Å². The van der Waals surface area contributed by atoms with Gasteiger partial charge in [0.25, 0.3) is 0 Å². The highest BCUT2D eigenvalue weighted by Crippen LogP contribution is 2.18. The van der Waals surface area contributed by atoms with Crippen LogP contribution in [0.25, 0.3) is 0 Å². The largest absolute Gasteiger partial charge is 0.352 e. The normalized spacial score (nSPS) is 12.8. The lowest BCUT2D eigenvalue weighted by Gasteiger charge is -2.31. The first-order valence-corrected chi connectivity index (χ1v) is 12.3. The molecular formula is C26H36N2O2S. The number of benzene rings is 2. The van der Waals surface area contributed by atoms with Gasteiger partial charge in [0.05, 0.1) is 5.75 Å². The number of hydrogen-bond donors (Lipinski definition) is 1. The van der Waals surface area contributed by atoms with Gasteiger partial charge in [0, 0.05) is 18.3 Å². The van der Waals surface area contributed by atoms with Crippen molar-refractivity contribution in [1.82, 2.24) is 10.2 Å². The predicted molar refractivity (Wildman–Crippen MR) is 131 cm³/mol. The summed E-state index contributed by atoms with van der Waals surface area (Å²) in [6.45, 7) is 10.6. The molecule has 0 aliphatic carbocycles. The van der Waals surface area contributed by atoms with Gasteiger partial charge < -0.3 is 10.2 Å². The van der Waals surface area contributed by atoms with Crippen LogP contribution in [0.1, 0.15) is 55.9 Å². The number of nitrogens with one attached hydrogen (secondary N) is 1. The summed E-state index contributed by atoms with van der Waals surface area (Å²) >= 11 is 1.60. The minimum atomic E-state index is -0.470. The molecule has 4 nitrogen and oxygen atoms in total. The van der Waals surface area contributed by atoms with Crippen LogP contribution in [-0.4, -0.2) is 34.6 Å². The quantitative estimate of drug-likeness (QED) is 0.519. The zero-order valence-electron chi connectivity index (χ0n) is 19.5. The second kappa shape index (κ2) is 12.6. The van der Waals surface area contributed by atoms with Gasteiger partial charge in [-0.05, 0) is 44.7 Å². The van der Waals surface area contributed by atoms with E-state index in [0.717, 1.165) is 17.7 Å². The Balaban J connectivity index is 2.12. The summed E-state index contributed by atoms with van der Waals surface area (Å²) in [5.41, 5.74) is 4.65. The highest BCUT2D eigenvalue weighted by Gasteiger charge is 2.29. The first-order valence-electron chi connectivity index (χ1n) is 11.1. The lowest BCUT2D eigenvalue weighted by Crippen LogP contribution is -2.51. The molecule has 2 amide bonds. The van der Waals surface area contributed by atoms with E-state index < -0.39 is 6.04 Å². The molecule has 0 saturated heterocycles. The molecule has 2 atom stereocenters. The van der Waals surface area contributed by atoms with E-state index in [0.29, 0.717) is 18.7 Å². The number of aryl methyl sites for hydroxylation is 2. The topological polar surface area (TPSA) is 49.4 Å². The van der Waals surface area contributed by atoms with Crippen molar-refractivity contribution in [3.8, 4) is 0 Å². The fourth-order valence-corrected chi connectivity index (χ4v) is 4.14. The van der Waals surface area contributed by atoms with Crippen LogP contribution in [0.3, 0.4) is 0 Å². The highest BCUT2D eigenvalue weighted by atomic mass is 32.2. The van der Waals surface area contributed by atoms with E-state index in [-0.39, 0.29) is 17.9 Å². The average Bonchev–Trinajstić information content (AvgIpc) is 2.76. The molecule has 0 radical (unpaired) electrons.